The zero-order chi connectivity index (χ0) is 15.7. The summed E-state index contributed by atoms with van der Waals surface area (Å²) >= 11 is 0. The number of carbonyl (C=O) groups excluding carboxylic acids is 2. The number of amides is 1. The molecule has 1 unspecified atom stereocenters. The number of piperazine rings is 1. The fraction of sp³-hybridized carbons (Fsp3) is 0.412. The van der Waals surface area contributed by atoms with Crippen LogP contribution in [0.4, 0.5) is 0 Å². The number of nitrogens with zero attached hydrogens (tertiary/aromatic N) is 2. The molecule has 0 aliphatic carbocycles. The van der Waals surface area contributed by atoms with Crippen LogP contribution in [-0.2, 0) is 4.79 Å². The third kappa shape index (κ3) is 2.64. The van der Waals surface area contributed by atoms with Gasteiger partial charge in [0.15, 0.2) is 5.78 Å². The summed E-state index contributed by atoms with van der Waals surface area (Å²) in [6.07, 6.45) is 1.80. The Balaban J connectivity index is 1.74. The Morgan fingerprint density at radius 1 is 1.14 bits per heavy atom. The first kappa shape index (κ1) is 14.8. The molecule has 5 heteroatoms. The molecule has 0 radical (unpaired) electrons. The molecule has 0 saturated carbocycles. The van der Waals surface area contributed by atoms with Crippen LogP contribution in [0.3, 0.4) is 0 Å². The highest BCUT2D eigenvalue weighted by Gasteiger charge is 2.28. The molecular formula is C17H21N3O2. The number of para-hydroxylation sites is 1. The number of H-pyrrole nitrogens is 1. The lowest BCUT2D eigenvalue weighted by Crippen LogP contribution is -2.52. The molecule has 0 bridgehead atoms. The number of aromatic nitrogens is 1. The Hall–Kier alpha value is -2.14. The number of hydrogen-bond donors (Lipinski definition) is 1. The highest BCUT2D eigenvalue weighted by molar-refractivity contribution is 6.10. The summed E-state index contributed by atoms with van der Waals surface area (Å²) in [6.45, 7) is 6.43. The molecule has 1 aromatic carbocycles. The van der Waals surface area contributed by atoms with Crippen LogP contribution in [0.25, 0.3) is 10.9 Å². The second-order valence-corrected chi connectivity index (χ2v) is 5.83. The largest absolute Gasteiger partial charge is 0.360 e. The number of fused-ring (bicyclic) bond motifs is 1. The van der Waals surface area contributed by atoms with E-state index >= 15 is 0 Å². The van der Waals surface area contributed by atoms with E-state index in [-0.39, 0.29) is 17.7 Å². The van der Waals surface area contributed by atoms with E-state index in [1.165, 1.54) is 0 Å². The summed E-state index contributed by atoms with van der Waals surface area (Å²) in [6, 6.07) is 7.68. The minimum absolute atomic E-state index is 0.107. The van der Waals surface area contributed by atoms with Crippen LogP contribution in [0.2, 0.25) is 0 Å². The Kier molecular flexibility index (Phi) is 3.98. The molecule has 3 rings (SSSR count). The highest BCUT2D eigenvalue weighted by atomic mass is 16.2. The molecule has 1 aliphatic heterocycles. The first-order valence-electron chi connectivity index (χ1n) is 7.68. The number of benzene rings is 1. The zero-order valence-corrected chi connectivity index (χ0v) is 13.0. The van der Waals surface area contributed by atoms with Crippen molar-refractivity contribution in [3.8, 4) is 0 Å². The molecule has 2 aromatic rings. The van der Waals surface area contributed by atoms with Crippen molar-refractivity contribution in [2.24, 2.45) is 0 Å². The molecule has 1 aromatic heterocycles. The van der Waals surface area contributed by atoms with E-state index in [0.29, 0.717) is 13.1 Å². The average Bonchev–Trinajstić information content (AvgIpc) is 2.97. The van der Waals surface area contributed by atoms with Crippen molar-refractivity contribution in [3.05, 3.63) is 36.0 Å². The molecule has 2 heterocycles. The molecule has 5 nitrogen and oxygen atoms in total. The van der Waals surface area contributed by atoms with Crippen molar-refractivity contribution in [2.75, 3.05) is 26.2 Å². The van der Waals surface area contributed by atoms with Crippen molar-refractivity contribution in [1.82, 2.24) is 14.8 Å². The van der Waals surface area contributed by atoms with Crippen LogP contribution in [0.1, 0.15) is 24.2 Å². The monoisotopic (exact) mass is 299 g/mol. The summed E-state index contributed by atoms with van der Waals surface area (Å²) in [5, 5.41) is 0.974. The van der Waals surface area contributed by atoms with Gasteiger partial charge in [-0.25, -0.2) is 0 Å². The summed E-state index contributed by atoms with van der Waals surface area (Å²) in [4.78, 5) is 31.3. The zero-order valence-electron chi connectivity index (χ0n) is 13.0. The van der Waals surface area contributed by atoms with Crippen LogP contribution >= 0.6 is 0 Å². The number of carbonyl (C=O) groups is 2. The Labute approximate surface area is 129 Å². The number of nitrogens with one attached hydrogen (secondary N) is 1. The second-order valence-electron chi connectivity index (χ2n) is 5.83. The van der Waals surface area contributed by atoms with Gasteiger partial charge in [-0.3, -0.25) is 14.5 Å². The maximum absolute atomic E-state index is 12.8. The van der Waals surface area contributed by atoms with Gasteiger partial charge in [0.1, 0.15) is 0 Å². The average molecular weight is 299 g/mol. The van der Waals surface area contributed by atoms with Gasteiger partial charge in [-0.2, -0.15) is 0 Å². The van der Waals surface area contributed by atoms with Gasteiger partial charge in [-0.1, -0.05) is 18.2 Å². The van der Waals surface area contributed by atoms with E-state index in [1.807, 2.05) is 36.1 Å². The number of hydrogen-bond acceptors (Lipinski definition) is 3. The van der Waals surface area contributed by atoms with Crippen molar-refractivity contribution in [2.45, 2.75) is 19.9 Å². The summed E-state index contributed by atoms with van der Waals surface area (Å²) in [7, 11) is 0. The van der Waals surface area contributed by atoms with E-state index in [9.17, 15) is 9.59 Å². The smallest absolute Gasteiger partial charge is 0.219 e. The maximum atomic E-state index is 12.8. The second kappa shape index (κ2) is 5.93. The number of rotatable bonds is 3. The summed E-state index contributed by atoms with van der Waals surface area (Å²) < 4.78 is 0. The van der Waals surface area contributed by atoms with Crippen LogP contribution in [-0.4, -0.2) is 58.7 Å². The molecule has 22 heavy (non-hydrogen) atoms. The molecule has 1 N–H and O–H groups in total. The first-order chi connectivity index (χ1) is 10.6. The Morgan fingerprint density at radius 2 is 1.82 bits per heavy atom. The number of aromatic amines is 1. The Morgan fingerprint density at radius 3 is 2.50 bits per heavy atom. The van der Waals surface area contributed by atoms with E-state index < -0.39 is 0 Å². The van der Waals surface area contributed by atoms with Crippen LogP contribution in [0, 0.1) is 0 Å². The lowest BCUT2D eigenvalue weighted by Gasteiger charge is -2.37. The minimum Gasteiger partial charge on any atom is -0.360 e. The maximum Gasteiger partial charge on any atom is 0.219 e. The molecule has 1 aliphatic rings. The predicted octanol–water partition coefficient (Wildman–Crippen LogP) is 1.90. The Bertz CT molecular complexity index is 699. The van der Waals surface area contributed by atoms with Crippen molar-refractivity contribution < 1.29 is 9.59 Å². The van der Waals surface area contributed by atoms with Crippen molar-refractivity contribution >= 4 is 22.6 Å². The van der Waals surface area contributed by atoms with E-state index in [0.717, 1.165) is 29.6 Å². The first-order valence-corrected chi connectivity index (χ1v) is 7.68. The highest BCUT2D eigenvalue weighted by Crippen LogP contribution is 2.21. The standard InChI is InChI=1S/C17H21N3O2/c1-12(19-7-9-20(10-8-19)13(2)21)17(22)15-11-18-16-6-4-3-5-14(15)16/h3-6,11-12,18H,7-10H2,1-2H3. The fourth-order valence-corrected chi connectivity index (χ4v) is 3.09. The van der Waals surface area contributed by atoms with Gasteiger partial charge >= 0.3 is 0 Å². The lowest BCUT2D eigenvalue weighted by molar-refractivity contribution is -0.130. The van der Waals surface area contributed by atoms with Gasteiger partial charge in [-0.15, -0.1) is 0 Å². The number of ketones is 1. The quantitative estimate of drug-likeness (QED) is 0.881. The van der Waals surface area contributed by atoms with Crippen molar-refractivity contribution in [3.63, 3.8) is 0 Å². The lowest BCUT2D eigenvalue weighted by atomic mass is 10.0. The van der Waals surface area contributed by atoms with E-state index in [1.54, 1.807) is 13.1 Å². The summed E-state index contributed by atoms with van der Waals surface area (Å²) in [5.74, 6) is 0.240. The van der Waals surface area contributed by atoms with Crippen LogP contribution < -0.4 is 0 Å². The van der Waals surface area contributed by atoms with Gasteiger partial charge in [0, 0.05) is 55.8 Å². The molecule has 0 spiro atoms. The third-order valence-electron chi connectivity index (χ3n) is 4.54. The van der Waals surface area contributed by atoms with E-state index in [2.05, 4.69) is 9.88 Å². The van der Waals surface area contributed by atoms with Gasteiger partial charge in [0.25, 0.3) is 0 Å². The molecule has 1 atom stereocenters. The normalized spacial score (nSPS) is 17.6. The van der Waals surface area contributed by atoms with Crippen LogP contribution in [0.5, 0.6) is 0 Å². The van der Waals surface area contributed by atoms with E-state index in [4.69, 9.17) is 0 Å². The third-order valence-corrected chi connectivity index (χ3v) is 4.54. The molecule has 1 saturated heterocycles. The number of Topliss-reactive ketones (excluding diaryl/α,β-unsaturated/α-hetero) is 1. The van der Waals surface area contributed by atoms with Gasteiger partial charge in [0.2, 0.25) is 5.91 Å². The molecule has 1 fully saturated rings. The predicted molar refractivity (Wildman–Crippen MR) is 85.9 cm³/mol. The van der Waals surface area contributed by atoms with Crippen LogP contribution in [0.15, 0.2) is 30.5 Å². The topological polar surface area (TPSA) is 56.4 Å². The van der Waals surface area contributed by atoms with Crippen molar-refractivity contribution in [1.29, 1.82) is 0 Å². The van der Waals surface area contributed by atoms with Gasteiger partial charge in [-0.05, 0) is 13.0 Å². The minimum atomic E-state index is -0.173. The fourth-order valence-electron chi connectivity index (χ4n) is 3.09. The molecule has 116 valence electrons. The summed E-state index contributed by atoms with van der Waals surface area (Å²) in [5.41, 5.74) is 1.73. The SMILES string of the molecule is CC(=O)N1CCN(C(C)C(=O)c2c[nH]c3ccccc23)CC1. The van der Waals surface area contributed by atoms with Gasteiger partial charge in [0.05, 0.1) is 6.04 Å². The molecular weight excluding hydrogens is 278 g/mol. The van der Waals surface area contributed by atoms with Gasteiger partial charge < -0.3 is 9.88 Å². The molecule has 1 amide bonds.